The highest BCUT2D eigenvalue weighted by Gasteiger charge is 2.25. The molecule has 4 heteroatoms. The van der Waals surface area contributed by atoms with Gasteiger partial charge < -0.3 is 5.73 Å². The van der Waals surface area contributed by atoms with Crippen LogP contribution in [0.15, 0.2) is 18.2 Å². The molecule has 1 heterocycles. The molecule has 1 fully saturated rings. The predicted molar refractivity (Wildman–Crippen MR) is 124 cm³/mol. The zero-order valence-corrected chi connectivity index (χ0v) is 19.7. The van der Waals surface area contributed by atoms with E-state index in [-0.39, 0.29) is 10.8 Å². The minimum Gasteiger partial charge on any atom is -0.364 e. The van der Waals surface area contributed by atoms with Crippen LogP contribution in [0.2, 0.25) is 0 Å². The molecule has 29 heavy (non-hydrogen) atoms. The molecule has 0 radical (unpaired) electrons. The Labute approximate surface area is 180 Å². The Balaban J connectivity index is 2.11. The van der Waals surface area contributed by atoms with Gasteiger partial charge in [-0.2, -0.15) is 0 Å². The van der Waals surface area contributed by atoms with Gasteiger partial charge >= 0.3 is 0 Å². The Morgan fingerprint density at radius 3 is 2.03 bits per heavy atom. The van der Waals surface area contributed by atoms with E-state index >= 15 is 0 Å². The summed E-state index contributed by atoms with van der Waals surface area (Å²) >= 11 is 1.46. The summed E-state index contributed by atoms with van der Waals surface area (Å²) in [6.45, 7) is 13.5. The van der Waals surface area contributed by atoms with Crippen LogP contribution in [0.5, 0.6) is 0 Å². The quantitative estimate of drug-likeness (QED) is 0.613. The molecule has 0 aliphatic heterocycles. The van der Waals surface area contributed by atoms with Crippen LogP contribution in [-0.4, -0.2) is 10.9 Å². The van der Waals surface area contributed by atoms with Crippen LogP contribution in [0, 0.1) is 5.92 Å². The molecule has 0 bridgehead atoms. The van der Waals surface area contributed by atoms with Crippen molar-refractivity contribution in [2.24, 2.45) is 11.7 Å². The molecule has 1 aromatic carbocycles. The molecule has 1 aromatic heterocycles. The van der Waals surface area contributed by atoms with Crippen LogP contribution in [0.4, 0.5) is 0 Å². The molecule has 1 aliphatic carbocycles. The van der Waals surface area contributed by atoms with E-state index in [1.807, 2.05) is 0 Å². The maximum Gasteiger partial charge on any atom is 0.277 e. The Morgan fingerprint density at radius 2 is 1.55 bits per heavy atom. The van der Waals surface area contributed by atoms with Crippen molar-refractivity contribution in [1.29, 1.82) is 0 Å². The van der Waals surface area contributed by atoms with Gasteiger partial charge in [-0.05, 0) is 52.0 Å². The third kappa shape index (κ3) is 5.28. The first-order valence-corrected chi connectivity index (χ1v) is 11.7. The molecule has 2 N–H and O–H groups in total. The van der Waals surface area contributed by atoms with E-state index in [0.717, 1.165) is 17.0 Å². The minimum atomic E-state index is -0.422. The molecule has 0 unspecified atom stereocenters. The van der Waals surface area contributed by atoms with Gasteiger partial charge in [0.1, 0.15) is 0 Å². The number of rotatable bonds is 4. The summed E-state index contributed by atoms with van der Waals surface area (Å²) < 4.78 is 0. The van der Waals surface area contributed by atoms with Crippen molar-refractivity contribution < 1.29 is 4.79 Å². The summed E-state index contributed by atoms with van der Waals surface area (Å²) in [5.41, 5.74) is 10.6. The second kappa shape index (κ2) is 8.22. The number of nitrogens with zero attached hydrogens (tertiary/aromatic N) is 1. The van der Waals surface area contributed by atoms with Crippen molar-refractivity contribution in [2.75, 3.05) is 0 Å². The summed E-state index contributed by atoms with van der Waals surface area (Å²) in [6, 6.07) is 6.91. The highest BCUT2D eigenvalue weighted by atomic mass is 32.1. The fourth-order valence-corrected chi connectivity index (χ4v) is 5.04. The highest BCUT2D eigenvalue weighted by Crippen LogP contribution is 2.39. The molecule has 0 spiro atoms. The largest absolute Gasteiger partial charge is 0.364 e. The van der Waals surface area contributed by atoms with Gasteiger partial charge in [0.15, 0.2) is 5.01 Å². The van der Waals surface area contributed by atoms with Gasteiger partial charge in [0, 0.05) is 0 Å². The fourth-order valence-electron chi connectivity index (χ4n) is 4.11. The van der Waals surface area contributed by atoms with Crippen molar-refractivity contribution in [2.45, 2.75) is 90.9 Å². The minimum absolute atomic E-state index is 0.0523. The molecule has 1 saturated carbocycles. The molecule has 0 saturated heterocycles. The van der Waals surface area contributed by atoms with E-state index in [1.54, 1.807) is 0 Å². The van der Waals surface area contributed by atoms with E-state index in [9.17, 15) is 4.79 Å². The van der Waals surface area contributed by atoms with Crippen molar-refractivity contribution in [3.63, 3.8) is 0 Å². The van der Waals surface area contributed by atoms with Crippen LogP contribution in [-0.2, 0) is 17.3 Å². The highest BCUT2D eigenvalue weighted by molar-refractivity contribution is 7.17. The molecule has 158 valence electrons. The predicted octanol–water partition coefficient (Wildman–Crippen LogP) is 6.63. The number of amides is 1. The van der Waals surface area contributed by atoms with E-state index in [1.165, 1.54) is 60.1 Å². The Bertz CT molecular complexity index is 845. The lowest BCUT2D eigenvalue weighted by Crippen LogP contribution is -2.16. The number of thiazole rings is 1. The number of hydrogen-bond acceptors (Lipinski definition) is 3. The van der Waals surface area contributed by atoms with Gasteiger partial charge in [-0.25, -0.2) is 4.98 Å². The average molecular weight is 413 g/mol. The van der Waals surface area contributed by atoms with Crippen LogP contribution < -0.4 is 5.73 Å². The molecule has 2 aromatic rings. The Hall–Kier alpha value is -1.68. The summed E-state index contributed by atoms with van der Waals surface area (Å²) in [5, 5.41) is 0.435. The lowest BCUT2D eigenvalue weighted by molar-refractivity contribution is 0.0999. The first-order valence-electron chi connectivity index (χ1n) is 10.9. The summed E-state index contributed by atoms with van der Waals surface area (Å²) in [5.74, 6) is 0.243. The van der Waals surface area contributed by atoms with Gasteiger partial charge in [-0.1, -0.05) is 79.7 Å². The lowest BCUT2D eigenvalue weighted by Gasteiger charge is -2.26. The summed E-state index contributed by atoms with van der Waals surface area (Å²) in [4.78, 5) is 17.7. The van der Waals surface area contributed by atoms with Crippen molar-refractivity contribution in [3.05, 3.63) is 40.0 Å². The maximum absolute atomic E-state index is 11.9. The molecule has 3 rings (SSSR count). The molecule has 1 aliphatic rings. The van der Waals surface area contributed by atoms with E-state index in [0.29, 0.717) is 10.9 Å². The summed E-state index contributed by atoms with van der Waals surface area (Å²) in [7, 11) is 0. The lowest BCUT2D eigenvalue weighted by atomic mass is 9.79. The van der Waals surface area contributed by atoms with Gasteiger partial charge in [-0.15, -0.1) is 11.3 Å². The number of hydrogen-bond donors (Lipinski definition) is 1. The smallest absolute Gasteiger partial charge is 0.277 e. The van der Waals surface area contributed by atoms with Gasteiger partial charge in [0.05, 0.1) is 10.6 Å². The summed E-state index contributed by atoms with van der Waals surface area (Å²) in [6.07, 6.45) is 7.43. The third-order valence-electron chi connectivity index (χ3n) is 6.04. The Kier molecular flexibility index (Phi) is 6.24. The zero-order valence-electron chi connectivity index (χ0n) is 18.9. The first kappa shape index (κ1) is 22.0. The van der Waals surface area contributed by atoms with Crippen LogP contribution in [0.3, 0.4) is 0 Å². The number of carbonyl (C=O) groups excluding carboxylic acids is 1. The van der Waals surface area contributed by atoms with E-state index in [2.05, 4.69) is 59.7 Å². The second-order valence-corrected chi connectivity index (χ2v) is 11.7. The monoisotopic (exact) mass is 412 g/mol. The number of nitrogens with two attached hydrogens (primary N) is 1. The zero-order chi connectivity index (χ0) is 21.4. The molecule has 1 amide bonds. The molecular weight excluding hydrogens is 376 g/mol. The third-order valence-corrected chi connectivity index (χ3v) is 7.20. The van der Waals surface area contributed by atoms with Gasteiger partial charge in [-0.3, -0.25) is 4.79 Å². The topological polar surface area (TPSA) is 56.0 Å². The fraction of sp³-hybridized carbons (Fsp3) is 0.600. The van der Waals surface area contributed by atoms with E-state index in [4.69, 9.17) is 10.7 Å². The van der Waals surface area contributed by atoms with Crippen LogP contribution in [0.25, 0.3) is 10.4 Å². The SMILES string of the molecule is CC(C)(C)c1cc(-c2sc(C(N)=O)nc2CC2CCCCC2)cc(C(C)(C)C)c1. The molecule has 3 nitrogen and oxygen atoms in total. The van der Waals surface area contributed by atoms with Gasteiger partial charge in [0.25, 0.3) is 5.91 Å². The van der Waals surface area contributed by atoms with Crippen molar-refractivity contribution >= 4 is 17.2 Å². The van der Waals surface area contributed by atoms with Crippen molar-refractivity contribution in [3.8, 4) is 10.4 Å². The number of primary amides is 1. The normalized spacial score (nSPS) is 16.2. The number of benzene rings is 1. The maximum atomic E-state index is 11.9. The first-order chi connectivity index (χ1) is 13.4. The van der Waals surface area contributed by atoms with Crippen LogP contribution in [0.1, 0.15) is 100 Å². The number of carbonyl (C=O) groups is 1. The molecular formula is C25H36N2OS. The second-order valence-electron chi connectivity index (χ2n) is 10.7. The standard InChI is InChI=1S/C25H36N2OS/c1-24(2,3)18-13-17(14-19(15-18)25(4,5)6)21-20(27-23(29-21)22(26)28)12-16-10-8-7-9-11-16/h13-16H,7-12H2,1-6H3,(H2,26,28). The molecule has 0 atom stereocenters. The van der Waals surface area contributed by atoms with Gasteiger partial charge in [0.2, 0.25) is 0 Å². The van der Waals surface area contributed by atoms with E-state index < -0.39 is 5.91 Å². The average Bonchev–Trinajstić information content (AvgIpc) is 3.05. The van der Waals surface area contributed by atoms with Crippen molar-refractivity contribution in [1.82, 2.24) is 4.98 Å². The Morgan fingerprint density at radius 1 is 1.00 bits per heavy atom. The van der Waals surface area contributed by atoms with Crippen LogP contribution >= 0.6 is 11.3 Å². The number of aromatic nitrogens is 1.